The Morgan fingerprint density at radius 1 is 1.39 bits per heavy atom. The van der Waals surface area contributed by atoms with Gasteiger partial charge < -0.3 is 20.5 Å². The number of aliphatic hydroxyl groups is 1. The molecule has 3 N–H and O–H groups in total. The quantitative estimate of drug-likeness (QED) is 0.784. The van der Waals surface area contributed by atoms with E-state index in [-0.39, 0.29) is 42.5 Å². The Balaban J connectivity index is 2.00. The minimum absolute atomic E-state index is 0.0357. The second kappa shape index (κ2) is 5.55. The molecule has 2 aliphatic rings. The van der Waals surface area contributed by atoms with E-state index in [1.54, 1.807) is 0 Å². The summed E-state index contributed by atoms with van der Waals surface area (Å²) in [5.41, 5.74) is 5.83. The number of amides is 1. The van der Waals surface area contributed by atoms with Gasteiger partial charge >= 0.3 is 0 Å². The van der Waals surface area contributed by atoms with Gasteiger partial charge in [-0.1, -0.05) is 6.42 Å². The molecule has 1 aliphatic heterocycles. The van der Waals surface area contributed by atoms with Crippen molar-refractivity contribution < 1.29 is 23.4 Å². The first kappa shape index (κ1) is 15.9. The number of methoxy groups -OCH3 is 1. The predicted octanol–water partition coefficient (Wildman–Crippen LogP) is 0.962. The van der Waals surface area contributed by atoms with Gasteiger partial charge in [0.15, 0.2) is 0 Å². The van der Waals surface area contributed by atoms with E-state index < -0.39 is 24.0 Å². The zero-order chi connectivity index (χ0) is 16.8. The summed E-state index contributed by atoms with van der Waals surface area (Å²) < 4.78 is 33.9. The monoisotopic (exact) mass is 328 g/mol. The molecule has 1 aromatic rings. The molecule has 7 nitrogen and oxygen atoms in total. The van der Waals surface area contributed by atoms with Gasteiger partial charge in [0.2, 0.25) is 11.8 Å². The third-order valence-corrected chi connectivity index (χ3v) is 4.35. The van der Waals surface area contributed by atoms with E-state index in [1.807, 2.05) is 0 Å². The molecule has 1 amide bonds. The van der Waals surface area contributed by atoms with Crippen LogP contribution in [-0.2, 0) is 6.54 Å². The number of hydrogen-bond acceptors (Lipinski definition) is 6. The average Bonchev–Trinajstić information content (AvgIpc) is 2.71. The highest BCUT2D eigenvalue weighted by atomic mass is 19.3. The van der Waals surface area contributed by atoms with Crippen LogP contribution in [0.25, 0.3) is 0 Å². The van der Waals surface area contributed by atoms with E-state index in [1.165, 1.54) is 7.11 Å². The maximum atomic E-state index is 14.4. The number of aliphatic hydroxyl groups excluding tert-OH is 1. The molecule has 1 fully saturated rings. The number of aromatic nitrogens is 2. The number of carbonyl (C=O) groups is 1. The second-order valence-electron chi connectivity index (χ2n) is 5.86. The number of ether oxygens (including phenoxy) is 1. The molecule has 0 aromatic carbocycles. The number of nitrogen functional groups attached to an aromatic ring is 1. The van der Waals surface area contributed by atoms with Gasteiger partial charge in [0, 0.05) is 6.42 Å². The lowest BCUT2D eigenvalue weighted by molar-refractivity contribution is -0.112. The molecule has 2 atom stereocenters. The summed E-state index contributed by atoms with van der Waals surface area (Å²) in [6.45, 7) is -0.144. The van der Waals surface area contributed by atoms with Crippen LogP contribution in [0.1, 0.15) is 41.7 Å². The van der Waals surface area contributed by atoms with Crippen LogP contribution in [0, 0.1) is 0 Å². The molecular formula is C14H18F2N4O3. The first-order valence-electron chi connectivity index (χ1n) is 7.42. The highest BCUT2D eigenvalue weighted by Gasteiger charge is 2.52. The molecule has 2 heterocycles. The van der Waals surface area contributed by atoms with Crippen LogP contribution in [0.3, 0.4) is 0 Å². The zero-order valence-corrected chi connectivity index (χ0v) is 12.6. The van der Waals surface area contributed by atoms with Crippen molar-refractivity contribution in [3.05, 3.63) is 11.3 Å². The fraction of sp³-hybridized carbons (Fsp3) is 0.643. The Bertz CT molecular complexity index is 641. The van der Waals surface area contributed by atoms with Gasteiger partial charge in [-0.05, 0) is 12.8 Å². The first-order chi connectivity index (χ1) is 10.8. The Hall–Kier alpha value is -2.03. The molecule has 1 aliphatic carbocycles. The van der Waals surface area contributed by atoms with Gasteiger partial charge in [0.25, 0.3) is 11.8 Å². The highest BCUT2D eigenvalue weighted by molar-refractivity contribution is 6.00. The van der Waals surface area contributed by atoms with E-state index in [9.17, 15) is 18.7 Å². The number of nitrogens with two attached hydrogens (primary N) is 1. The summed E-state index contributed by atoms with van der Waals surface area (Å²) in [5.74, 6) is -3.96. The van der Waals surface area contributed by atoms with Gasteiger partial charge in [-0.25, -0.2) is 13.8 Å². The first-order valence-corrected chi connectivity index (χ1v) is 7.42. The second-order valence-corrected chi connectivity index (χ2v) is 5.86. The molecule has 0 unspecified atom stereocenters. The van der Waals surface area contributed by atoms with Crippen LogP contribution in [0.5, 0.6) is 5.88 Å². The maximum absolute atomic E-state index is 14.4. The summed E-state index contributed by atoms with van der Waals surface area (Å²) >= 11 is 0. The van der Waals surface area contributed by atoms with Crippen molar-refractivity contribution in [1.29, 1.82) is 0 Å². The number of rotatable bonds is 2. The van der Waals surface area contributed by atoms with E-state index >= 15 is 0 Å². The van der Waals surface area contributed by atoms with Crippen molar-refractivity contribution in [1.82, 2.24) is 14.9 Å². The zero-order valence-electron chi connectivity index (χ0n) is 12.6. The maximum Gasteiger partial charge on any atom is 0.270 e. The van der Waals surface area contributed by atoms with Crippen LogP contribution < -0.4 is 10.5 Å². The van der Waals surface area contributed by atoms with Crippen molar-refractivity contribution in [2.75, 3.05) is 12.8 Å². The van der Waals surface area contributed by atoms with Crippen molar-refractivity contribution >= 4 is 11.9 Å². The summed E-state index contributed by atoms with van der Waals surface area (Å²) in [6, 6.07) is -1.59. The van der Waals surface area contributed by atoms with Crippen LogP contribution in [-0.4, -0.2) is 51.1 Å². The molecule has 126 valence electrons. The normalized spacial score (nSPS) is 26.8. The topological polar surface area (TPSA) is 102 Å². The summed E-state index contributed by atoms with van der Waals surface area (Å²) in [4.78, 5) is 21.3. The van der Waals surface area contributed by atoms with Gasteiger partial charge in [-0.3, -0.25) is 4.79 Å². The lowest BCUT2D eigenvalue weighted by atomic mass is 10.0. The summed E-state index contributed by atoms with van der Waals surface area (Å²) in [5, 5.41) is 10.2. The molecule has 0 bridgehead atoms. The standard InChI is InChI=1S/C14H18F2N4O3/c1-23-11-9-7(18-13(17)19-11)6-20(12(9)22)10-8(21)4-2-3-5-14(10,15)16/h8,10,21H,2-6H2,1H3,(H2,17,18,19)/t8-,10-/m0/s1. The molecular weight excluding hydrogens is 310 g/mol. The molecule has 1 saturated carbocycles. The number of nitrogens with zero attached hydrogens (tertiary/aromatic N) is 3. The van der Waals surface area contributed by atoms with Crippen LogP contribution >= 0.6 is 0 Å². The van der Waals surface area contributed by atoms with Crippen LogP contribution in [0.4, 0.5) is 14.7 Å². The van der Waals surface area contributed by atoms with E-state index in [2.05, 4.69) is 9.97 Å². The fourth-order valence-electron chi connectivity index (χ4n) is 3.32. The minimum Gasteiger partial charge on any atom is -0.480 e. The number of carbonyl (C=O) groups excluding carboxylic acids is 1. The van der Waals surface area contributed by atoms with E-state index in [4.69, 9.17) is 10.5 Å². The molecule has 0 radical (unpaired) electrons. The summed E-state index contributed by atoms with van der Waals surface area (Å²) in [6.07, 6.45) is -0.614. The van der Waals surface area contributed by atoms with Gasteiger partial charge in [-0.15, -0.1) is 0 Å². The number of hydrogen-bond donors (Lipinski definition) is 2. The summed E-state index contributed by atoms with van der Waals surface area (Å²) in [7, 11) is 1.31. The number of halogens is 2. The SMILES string of the molecule is COc1nc(N)nc2c1C(=O)N([C@H]1[C@@H](O)CCCCC1(F)F)C2. The van der Waals surface area contributed by atoms with Crippen molar-refractivity contribution in [2.45, 2.75) is 50.3 Å². The van der Waals surface area contributed by atoms with E-state index in [0.717, 1.165) is 4.90 Å². The molecule has 0 saturated heterocycles. The molecule has 23 heavy (non-hydrogen) atoms. The van der Waals surface area contributed by atoms with Crippen LogP contribution in [0.15, 0.2) is 0 Å². The van der Waals surface area contributed by atoms with Gasteiger partial charge in [0.1, 0.15) is 11.6 Å². The van der Waals surface area contributed by atoms with Gasteiger partial charge in [-0.2, -0.15) is 4.98 Å². The Kier molecular flexibility index (Phi) is 3.83. The third kappa shape index (κ3) is 2.58. The van der Waals surface area contributed by atoms with E-state index in [0.29, 0.717) is 12.8 Å². The van der Waals surface area contributed by atoms with Crippen molar-refractivity contribution in [3.63, 3.8) is 0 Å². The smallest absolute Gasteiger partial charge is 0.270 e. The fourth-order valence-corrected chi connectivity index (χ4v) is 3.32. The minimum atomic E-state index is -3.17. The van der Waals surface area contributed by atoms with Crippen molar-refractivity contribution in [3.8, 4) is 5.88 Å². The number of fused-ring (bicyclic) bond motifs is 1. The highest BCUT2D eigenvalue weighted by Crippen LogP contribution is 2.40. The molecule has 3 rings (SSSR count). The molecule has 9 heteroatoms. The molecule has 0 spiro atoms. The Labute approximate surface area is 131 Å². The Morgan fingerprint density at radius 3 is 2.83 bits per heavy atom. The Morgan fingerprint density at radius 2 is 2.13 bits per heavy atom. The third-order valence-electron chi connectivity index (χ3n) is 4.35. The van der Waals surface area contributed by atoms with Crippen LogP contribution in [0.2, 0.25) is 0 Å². The number of alkyl halides is 2. The average molecular weight is 328 g/mol. The lowest BCUT2D eigenvalue weighted by Gasteiger charge is -2.35. The largest absolute Gasteiger partial charge is 0.480 e. The predicted molar refractivity (Wildman–Crippen MR) is 76.1 cm³/mol. The lowest BCUT2D eigenvalue weighted by Crippen LogP contribution is -2.53. The molecule has 1 aromatic heterocycles. The number of anilines is 1. The van der Waals surface area contributed by atoms with Crippen molar-refractivity contribution in [2.24, 2.45) is 0 Å². The van der Waals surface area contributed by atoms with Gasteiger partial charge in [0.05, 0.1) is 25.5 Å².